The summed E-state index contributed by atoms with van der Waals surface area (Å²) in [7, 11) is 4.35. The zero-order chi connectivity index (χ0) is 10.1. The molecule has 14 heavy (non-hydrogen) atoms. The molecule has 2 nitrogen and oxygen atoms in total. The number of pyridine rings is 1. The van der Waals surface area contributed by atoms with Crippen LogP contribution in [0.25, 0.3) is 10.9 Å². The van der Waals surface area contributed by atoms with E-state index in [1.807, 2.05) is 18.3 Å². The van der Waals surface area contributed by atoms with E-state index in [1.54, 1.807) is 7.11 Å². The number of methoxy groups -OCH3 is 1. The van der Waals surface area contributed by atoms with Crippen LogP contribution in [0.4, 0.5) is 0 Å². The van der Waals surface area contributed by atoms with Crippen LogP contribution in [0.3, 0.4) is 0 Å². The molecule has 2 rings (SSSR count). The molecule has 0 spiro atoms. The van der Waals surface area contributed by atoms with Crippen LogP contribution in [0.5, 0.6) is 5.75 Å². The van der Waals surface area contributed by atoms with E-state index in [1.165, 1.54) is 10.9 Å². The Labute approximate surface area is 85.5 Å². The number of ether oxygens (including phenoxy) is 1. The van der Waals surface area contributed by atoms with Crippen LogP contribution in [0, 0.1) is 6.92 Å². The molecule has 0 N–H and O–H groups in total. The van der Waals surface area contributed by atoms with Crippen molar-refractivity contribution in [1.82, 2.24) is 4.98 Å². The van der Waals surface area contributed by atoms with Crippen LogP contribution in [0.15, 0.2) is 24.4 Å². The highest BCUT2D eigenvalue weighted by molar-refractivity contribution is 7.27. The molecule has 0 saturated heterocycles. The van der Waals surface area contributed by atoms with Gasteiger partial charge >= 0.3 is 0 Å². The summed E-state index contributed by atoms with van der Waals surface area (Å²) >= 11 is 0. The fourth-order valence-corrected chi connectivity index (χ4v) is 1.87. The molecular weight excluding hydrogens is 193 g/mol. The summed E-state index contributed by atoms with van der Waals surface area (Å²) in [6.45, 7) is 2.08. The Hall–Kier alpha value is -1.14. The van der Waals surface area contributed by atoms with Gasteiger partial charge in [0.2, 0.25) is 0 Å². The van der Waals surface area contributed by atoms with E-state index in [9.17, 15) is 0 Å². The molecule has 1 heterocycles. The molecule has 3 heteroatoms. The van der Waals surface area contributed by atoms with E-state index < -0.39 is 0 Å². The molecule has 1 aromatic carbocycles. The number of hydrogen-bond acceptors (Lipinski definition) is 2. The second-order valence-corrected chi connectivity index (χ2v) is 3.86. The molecule has 0 saturated carbocycles. The predicted octanol–water partition coefficient (Wildman–Crippen LogP) is 2.05. The molecule has 0 aliphatic carbocycles. The standard InChI is InChI=1S/C11H12NOP/c1-7-3-4-12-9-6-10(13-2)11(14)5-8(7)9/h3-6H,14H2,1-2H3. The van der Waals surface area contributed by atoms with Gasteiger partial charge in [-0.1, -0.05) is 0 Å². The first-order valence-electron chi connectivity index (χ1n) is 4.41. The number of aryl methyl sites for hydroxylation is 1. The summed E-state index contributed by atoms with van der Waals surface area (Å²) in [5.41, 5.74) is 2.22. The molecule has 1 aromatic heterocycles. The van der Waals surface area contributed by atoms with Crippen LogP contribution >= 0.6 is 9.24 Å². The average molecular weight is 205 g/mol. The number of rotatable bonds is 1. The van der Waals surface area contributed by atoms with E-state index in [2.05, 4.69) is 27.2 Å². The summed E-state index contributed by atoms with van der Waals surface area (Å²) < 4.78 is 5.23. The lowest BCUT2D eigenvalue weighted by molar-refractivity contribution is 0.419. The van der Waals surface area contributed by atoms with Crippen LogP contribution in [-0.2, 0) is 0 Å². The first-order chi connectivity index (χ1) is 6.72. The number of fused-ring (bicyclic) bond motifs is 1. The van der Waals surface area contributed by atoms with Gasteiger partial charge in [-0.05, 0) is 24.6 Å². The maximum Gasteiger partial charge on any atom is 0.128 e. The highest BCUT2D eigenvalue weighted by Gasteiger charge is 2.03. The molecular formula is C11H12NOP. The Bertz CT molecular complexity index is 482. The summed E-state index contributed by atoms with van der Waals surface area (Å²) in [4.78, 5) is 4.30. The molecule has 0 bridgehead atoms. The molecule has 2 aromatic rings. The lowest BCUT2D eigenvalue weighted by Gasteiger charge is -2.07. The van der Waals surface area contributed by atoms with Crippen molar-refractivity contribution in [2.75, 3.05) is 7.11 Å². The van der Waals surface area contributed by atoms with Gasteiger partial charge in [-0.3, -0.25) is 4.98 Å². The van der Waals surface area contributed by atoms with E-state index in [4.69, 9.17) is 4.74 Å². The van der Waals surface area contributed by atoms with Gasteiger partial charge in [-0.25, -0.2) is 0 Å². The highest BCUT2D eigenvalue weighted by Crippen LogP contribution is 2.21. The molecule has 0 amide bonds. The minimum Gasteiger partial charge on any atom is -0.496 e. The molecule has 0 aliphatic heterocycles. The van der Waals surface area contributed by atoms with Crippen LogP contribution in [0.2, 0.25) is 0 Å². The van der Waals surface area contributed by atoms with E-state index in [-0.39, 0.29) is 0 Å². The Morgan fingerprint density at radius 2 is 2.14 bits per heavy atom. The van der Waals surface area contributed by atoms with Crippen LogP contribution < -0.4 is 10.0 Å². The van der Waals surface area contributed by atoms with Crippen molar-refractivity contribution in [3.63, 3.8) is 0 Å². The smallest absolute Gasteiger partial charge is 0.128 e. The van der Waals surface area contributed by atoms with Gasteiger partial charge in [-0.2, -0.15) is 0 Å². The van der Waals surface area contributed by atoms with Gasteiger partial charge in [0.05, 0.1) is 12.6 Å². The van der Waals surface area contributed by atoms with Crippen LogP contribution in [-0.4, -0.2) is 12.1 Å². The van der Waals surface area contributed by atoms with Gasteiger partial charge in [-0.15, -0.1) is 9.24 Å². The number of benzene rings is 1. The summed E-state index contributed by atoms with van der Waals surface area (Å²) in [6.07, 6.45) is 1.82. The largest absolute Gasteiger partial charge is 0.496 e. The molecule has 0 radical (unpaired) electrons. The second kappa shape index (κ2) is 3.55. The van der Waals surface area contributed by atoms with Crippen molar-refractivity contribution in [3.05, 3.63) is 30.0 Å². The van der Waals surface area contributed by atoms with Crippen LogP contribution in [0.1, 0.15) is 5.56 Å². The lowest BCUT2D eigenvalue weighted by atomic mass is 10.1. The van der Waals surface area contributed by atoms with Crippen molar-refractivity contribution >= 4 is 25.4 Å². The summed E-state index contributed by atoms with van der Waals surface area (Å²) in [6, 6.07) is 6.06. The lowest BCUT2D eigenvalue weighted by Crippen LogP contribution is -1.99. The van der Waals surface area contributed by atoms with Gasteiger partial charge < -0.3 is 4.74 Å². The number of hydrogen-bond donors (Lipinski definition) is 0. The fraction of sp³-hybridized carbons (Fsp3) is 0.182. The minimum atomic E-state index is 0.862. The highest BCUT2D eigenvalue weighted by atomic mass is 31.0. The van der Waals surface area contributed by atoms with Crippen molar-refractivity contribution in [1.29, 1.82) is 0 Å². The topological polar surface area (TPSA) is 22.1 Å². The Morgan fingerprint density at radius 1 is 1.36 bits per heavy atom. The predicted molar refractivity (Wildman–Crippen MR) is 62.4 cm³/mol. The molecule has 72 valence electrons. The third-order valence-electron chi connectivity index (χ3n) is 2.31. The molecule has 1 atom stereocenters. The van der Waals surface area contributed by atoms with Crippen molar-refractivity contribution in [3.8, 4) is 5.75 Å². The van der Waals surface area contributed by atoms with Gasteiger partial charge in [0.15, 0.2) is 0 Å². The average Bonchev–Trinajstić information content (AvgIpc) is 2.19. The Kier molecular flexibility index (Phi) is 2.39. The van der Waals surface area contributed by atoms with Crippen molar-refractivity contribution in [2.24, 2.45) is 0 Å². The zero-order valence-corrected chi connectivity index (χ0v) is 9.40. The summed E-state index contributed by atoms with van der Waals surface area (Å²) in [5, 5.41) is 2.24. The third kappa shape index (κ3) is 1.46. The number of aromatic nitrogens is 1. The third-order valence-corrected chi connectivity index (χ3v) is 2.76. The zero-order valence-electron chi connectivity index (χ0n) is 8.24. The van der Waals surface area contributed by atoms with Crippen molar-refractivity contribution in [2.45, 2.75) is 6.92 Å². The fourth-order valence-electron chi connectivity index (χ4n) is 1.50. The Balaban J connectivity index is 2.79. The second-order valence-electron chi connectivity index (χ2n) is 3.24. The maximum absolute atomic E-state index is 5.23. The number of nitrogens with zero attached hydrogens (tertiary/aromatic N) is 1. The van der Waals surface area contributed by atoms with Gasteiger partial charge in [0.25, 0.3) is 0 Å². The van der Waals surface area contributed by atoms with E-state index in [0.717, 1.165) is 16.6 Å². The normalized spacial score (nSPS) is 10.5. The van der Waals surface area contributed by atoms with Gasteiger partial charge in [0.1, 0.15) is 5.75 Å². The SMILES string of the molecule is COc1cc2nccc(C)c2cc1P. The molecule has 0 fully saturated rings. The van der Waals surface area contributed by atoms with Gasteiger partial charge in [0, 0.05) is 23.0 Å². The minimum absolute atomic E-state index is 0.862. The first kappa shape index (κ1) is 9.42. The Morgan fingerprint density at radius 3 is 2.86 bits per heavy atom. The summed E-state index contributed by atoms with van der Waals surface area (Å²) in [5.74, 6) is 0.862. The van der Waals surface area contributed by atoms with E-state index in [0.29, 0.717) is 0 Å². The van der Waals surface area contributed by atoms with Crippen molar-refractivity contribution < 1.29 is 4.74 Å². The first-order valence-corrected chi connectivity index (χ1v) is 4.99. The monoisotopic (exact) mass is 205 g/mol. The van der Waals surface area contributed by atoms with E-state index >= 15 is 0 Å². The molecule has 0 aliphatic rings. The maximum atomic E-state index is 5.23. The quantitative estimate of drug-likeness (QED) is 0.665. The molecule has 1 unspecified atom stereocenters.